The van der Waals surface area contributed by atoms with Gasteiger partial charge in [0.2, 0.25) is 0 Å². The Morgan fingerprint density at radius 3 is 2.58 bits per heavy atom. The summed E-state index contributed by atoms with van der Waals surface area (Å²) in [5.41, 5.74) is 1.02. The Bertz CT molecular complexity index is 677. The first-order valence-corrected chi connectivity index (χ1v) is 9.92. The van der Waals surface area contributed by atoms with E-state index in [4.69, 9.17) is 4.74 Å². The molecule has 2 fully saturated rings. The first-order chi connectivity index (χ1) is 11.5. The van der Waals surface area contributed by atoms with Crippen molar-refractivity contribution in [1.29, 1.82) is 0 Å². The van der Waals surface area contributed by atoms with Gasteiger partial charge in [0.15, 0.2) is 0 Å². The van der Waals surface area contributed by atoms with Gasteiger partial charge in [-0.1, -0.05) is 30.3 Å². The molecular weight excluding hydrogens is 328 g/mol. The molecule has 0 aromatic heterocycles. The molecule has 6 nitrogen and oxygen atoms in total. The molecule has 0 amide bonds. The van der Waals surface area contributed by atoms with E-state index in [-0.39, 0.29) is 24.5 Å². The molecule has 7 heteroatoms. The van der Waals surface area contributed by atoms with Crippen LogP contribution in [0.4, 0.5) is 0 Å². The Morgan fingerprint density at radius 1 is 1.21 bits per heavy atom. The lowest BCUT2D eigenvalue weighted by Crippen LogP contribution is -2.54. The summed E-state index contributed by atoms with van der Waals surface area (Å²) in [6, 6.07) is 9.61. The summed E-state index contributed by atoms with van der Waals surface area (Å²) in [6.45, 7) is 3.31. The van der Waals surface area contributed by atoms with E-state index in [0.29, 0.717) is 32.5 Å². The molecule has 2 atom stereocenters. The molecule has 2 aliphatic rings. The monoisotopic (exact) mass is 352 g/mol. The van der Waals surface area contributed by atoms with Gasteiger partial charge in [0, 0.05) is 19.6 Å². The summed E-state index contributed by atoms with van der Waals surface area (Å²) >= 11 is 0. The second-order valence-electron chi connectivity index (χ2n) is 6.28. The lowest BCUT2D eigenvalue weighted by Gasteiger charge is -2.44. The van der Waals surface area contributed by atoms with Crippen LogP contribution < -0.4 is 0 Å². The van der Waals surface area contributed by atoms with Crippen molar-refractivity contribution in [3.8, 4) is 0 Å². The highest BCUT2D eigenvalue weighted by Gasteiger charge is 2.43. The molecular formula is C17H24N2O4S. The van der Waals surface area contributed by atoms with Crippen molar-refractivity contribution >= 4 is 16.2 Å². The number of carbonyl (C=O) groups excluding carboxylic acids is 1. The van der Waals surface area contributed by atoms with E-state index in [9.17, 15) is 13.2 Å². The van der Waals surface area contributed by atoms with Crippen molar-refractivity contribution in [3.63, 3.8) is 0 Å². The molecule has 1 aromatic rings. The number of piperidine rings is 1. The van der Waals surface area contributed by atoms with Crippen LogP contribution in [-0.4, -0.2) is 49.2 Å². The number of rotatable bonds is 5. The van der Waals surface area contributed by atoms with Crippen LogP contribution in [0.5, 0.6) is 0 Å². The fraction of sp³-hybridized carbons (Fsp3) is 0.588. The van der Waals surface area contributed by atoms with Gasteiger partial charge in [-0.3, -0.25) is 4.79 Å². The van der Waals surface area contributed by atoms with Crippen LogP contribution in [0.3, 0.4) is 0 Å². The van der Waals surface area contributed by atoms with Crippen LogP contribution >= 0.6 is 0 Å². The minimum Gasteiger partial charge on any atom is -0.466 e. The summed E-state index contributed by atoms with van der Waals surface area (Å²) in [5, 5.41) is 0. The summed E-state index contributed by atoms with van der Waals surface area (Å²) in [5.74, 6) is -0.648. The summed E-state index contributed by atoms with van der Waals surface area (Å²) in [6.07, 6.45) is 2.21. The zero-order valence-electron chi connectivity index (χ0n) is 13.9. The first-order valence-electron chi connectivity index (χ1n) is 8.52. The van der Waals surface area contributed by atoms with Crippen LogP contribution in [0.15, 0.2) is 30.3 Å². The van der Waals surface area contributed by atoms with Gasteiger partial charge in [0.05, 0.1) is 18.6 Å². The molecule has 0 aliphatic carbocycles. The van der Waals surface area contributed by atoms with Crippen molar-refractivity contribution in [2.24, 2.45) is 5.92 Å². The highest BCUT2D eigenvalue weighted by Crippen LogP contribution is 2.37. The summed E-state index contributed by atoms with van der Waals surface area (Å²) < 4.78 is 34.0. The molecule has 2 saturated heterocycles. The van der Waals surface area contributed by atoms with E-state index < -0.39 is 10.2 Å². The minimum absolute atomic E-state index is 0.0980. The third-order valence-electron chi connectivity index (χ3n) is 4.78. The molecule has 132 valence electrons. The smallest absolute Gasteiger partial charge is 0.310 e. The highest BCUT2D eigenvalue weighted by atomic mass is 32.2. The van der Waals surface area contributed by atoms with Gasteiger partial charge in [-0.15, -0.1) is 0 Å². The van der Waals surface area contributed by atoms with E-state index >= 15 is 0 Å². The van der Waals surface area contributed by atoms with E-state index in [0.717, 1.165) is 12.0 Å². The third kappa shape index (κ3) is 3.34. The lowest BCUT2D eigenvalue weighted by molar-refractivity contribution is -0.149. The number of carbonyl (C=O) groups is 1. The van der Waals surface area contributed by atoms with Gasteiger partial charge >= 0.3 is 5.97 Å². The average molecular weight is 352 g/mol. The maximum Gasteiger partial charge on any atom is 0.310 e. The Hall–Kier alpha value is -1.44. The molecule has 2 heterocycles. The van der Waals surface area contributed by atoms with Crippen LogP contribution in [-0.2, 0) is 19.7 Å². The fourth-order valence-electron chi connectivity index (χ4n) is 3.40. The van der Waals surface area contributed by atoms with Gasteiger partial charge in [-0.25, -0.2) is 0 Å². The third-order valence-corrected chi connectivity index (χ3v) is 6.80. The second kappa shape index (κ2) is 7.21. The number of hydrogen-bond donors (Lipinski definition) is 0. The lowest BCUT2D eigenvalue weighted by atomic mass is 9.98. The predicted octanol–water partition coefficient (Wildman–Crippen LogP) is 1.95. The zero-order chi connectivity index (χ0) is 17.2. The van der Waals surface area contributed by atoms with Gasteiger partial charge in [-0.2, -0.15) is 17.0 Å². The maximum absolute atomic E-state index is 13.0. The van der Waals surface area contributed by atoms with Gasteiger partial charge in [-0.05, 0) is 31.7 Å². The van der Waals surface area contributed by atoms with Crippen molar-refractivity contribution in [2.45, 2.75) is 32.2 Å². The largest absolute Gasteiger partial charge is 0.466 e. The van der Waals surface area contributed by atoms with Crippen LogP contribution in [0, 0.1) is 5.92 Å². The van der Waals surface area contributed by atoms with Crippen molar-refractivity contribution < 1.29 is 17.9 Å². The van der Waals surface area contributed by atoms with Crippen LogP contribution in [0.25, 0.3) is 0 Å². The Kier molecular flexibility index (Phi) is 5.22. The quantitative estimate of drug-likeness (QED) is 0.760. The maximum atomic E-state index is 13.0. The Morgan fingerprint density at radius 2 is 1.96 bits per heavy atom. The normalized spacial score (nSPS) is 25.9. The molecule has 3 rings (SSSR count). The number of hydrogen-bond acceptors (Lipinski definition) is 4. The number of ether oxygens (including phenoxy) is 1. The molecule has 2 aliphatic heterocycles. The predicted molar refractivity (Wildman–Crippen MR) is 90.4 cm³/mol. The average Bonchev–Trinajstić information content (AvgIpc) is 2.55. The first kappa shape index (κ1) is 17.4. The summed E-state index contributed by atoms with van der Waals surface area (Å²) in [7, 11) is -3.55. The Labute approximate surface area is 143 Å². The SMILES string of the molecule is CCOC(=O)[C@@H]1CCCN(S(=O)(=O)N2CC[C@@H]2c2ccccc2)C1. The van der Waals surface area contributed by atoms with Crippen LogP contribution in [0.2, 0.25) is 0 Å². The zero-order valence-corrected chi connectivity index (χ0v) is 14.7. The van der Waals surface area contributed by atoms with Gasteiger partial charge in [0.25, 0.3) is 10.2 Å². The van der Waals surface area contributed by atoms with Crippen molar-refractivity contribution in [2.75, 3.05) is 26.2 Å². The molecule has 0 saturated carbocycles. The fourth-order valence-corrected chi connectivity index (χ4v) is 5.31. The number of esters is 1. The standard InChI is InChI=1S/C17H24N2O4S/c1-2-23-17(20)15-9-6-11-18(13-15)24(21,22)19-12-10-16(19)14-7-4-3-5-8-14/h3-5,7-8,15-16H,2,6,9-13H2,1H3/t15-,16-/m1/s1. The molecule has 0 spiro atoms. The van der Waals surface area contributed by atoms with E-state index in [1.54, 1.807) is 11.2 Å². The van der Waals surface area contributed by atoms with Gasteiger partial charge in [0.1, 0.15) is 0 Å². The minimum atomic E-state index is -3.55. The van der Waals surface area contributed by atoms with E-state index in [1.807, 2.05) is 30.3 Å². The van der Waals surface area contributed by atoms with E-state index in [1.165, 1.54) is 4.31 Å². The van der Waals surface area contributed by atoms with E-state index in [2.05, 4.69) is 0 Å². The van der Waals surface area contributed by atoms with Crippen molar-refractivity contribution in [3.05, 3.63) is 35.9 Å². The topological polar surface area (TPSA) is 66.9 Å². The molecule has 1 aromatic carbocycles. The van der Waals surface area contributed by atoms with Gasteiger partial charge < -0.3 is 4.74 Å². The molecule has 0 unspecified atom stereocenters. The number of nitrogens with zero attached hydrogens (tertiary/aromatic N) is 2. The highest BCUT2D eigenvalue weighted by molar-refractivity contribution is 7.86. The summed E-state index contributed by atoms with van der Waals surface area (Å²) in [4.78, 5) is 12.0. The molecule has 0 radical (unpaired) electrons. The second-order valence-corrected chi connectivity index (χ2v) is 8.16. The number of benzene rings is 1. The molecule has 0 N–H and O–H groups in total. The Balaban J connectivity index is 1.72. The van der Waals surface area contributed by atoms with Crippen LogP contribution in [0.1, 0.15) is 37.8 Å². The molecule has 24 heavy (non-hydrogen) atoms. The molecule has 0 bridgehead atoms. The van der Waals surface area contributed by atoms with Crippen molar-refractivity contribution in [1.82, 2.24) is 8.61 Å².